The van der Waals surface area contributed by atoms with Crippen LogP contribution in [0.15, 0.2) is 29.3 Å². The molecule has 0 spiro atoms. The van der Waals surface area contributed by atoms with Crippen LogP contribution in [0.5, 0.6) is 0 Å². The zero-order valence-electron chi connectivity index (χ0n) is 15.7. The lowest BCUT2D eigenvalue weighted by atomic mass is 10.1. The van der Waals surface area contributed by atoms with E-state index in [-0.39, 0.29) is 29.8 Å². The molecule has 1 aliphatic rings. The van der Waals surface area contributed by atoms with Crippen LogP contribution in [0.3, 0.4) is 0 Å². The number of benzene rings is 1. The van der Waals surface area contributed by atoms with Gasteiger partial charge in [-0.2, -0.15) is 0 Å². The summed E-state index contributed by atoms with van der Waals surface area (Å²) in [5.74, 6) is 0.694. The maximum Gasteiger partial charge on any atom is 0.191 e. The summed E-state index contributed by atoms with van der Waals surface area (Å²) in [7, 11) is 0. The molecule has 2 rings (SSSR count). The molecule has 148 valence electrons. The second-order valence-corrected chi connectivity index (χ2v) is 6.23. The van der Waals surface area contributed by atoms with Crippen LogP contribution in [0.1, 0.15) is 25.3 Å². The molecule has 0 amide bonds. The highest BCUT2D eigenvalue weighted by Gasteiger charge is 2.09. The van der Waals surface area contributed by atoms with Gasteiger partial charge in [-0.05, 0) is 50.4 Å². The van der Waals surface area contributed by atoms with Gasteiger partial charge >= 0.3 is 0 Å². The Morgan fingerprint density at radius 2 is 2.04 bits per heavy atom. The molecule has 26 heavy (non-hydrogen) atoms. The fourth-order valence-electron chi connectivity index (χ4n) is 2.84. The van der Waals surface area contributed by atoms with E-state index in [9.17, 15) is 4.39 Å². The van der Waals surface area contributed by atoms with E-state index in [2.05, 4.69) is 27.4 Å². The molecule has 0 unspecified atom stereocenters. The number of nitrogens with one attached hydrogen (secondary N) is 2. The minimum absolute atomic E-state index is 0. The first-order chi connectivity index (χ1) is 12.3. The molecule has 1 aliphatic heterocycles. The molecule has 1 aromatic carbocycles. The van der Waals surface area contributed by atoms with Gasteiger partial charge in [-0.25, -0.2) is 4.39 Å². The van der Waals surface area contributed by atoms with Crippen molar-refractivity contribution < 1.29 is 9.13 Å². The molecule has 2 N–H and O–H groups in total. The minimum atomic E-state index is -0.170. The van der Waals surface area contributed by atoms with Gasteiger partial charge in [-0.15, -0.1) is 24.0 Å². The van der Waals surface area contributed by atoms with E-state index in [0.717, 1.165) is 83.3 Å². The van der Waals surface area contributed by atoms with Gasteiger partial charge in [-0.3, -0.25) is 9.89 Å². The summed E-state index contributed by atoms with van der Waals surface area (Å²) < 4.78 is 18.5. The van der Waals surface area contributed by atoms with Gasteiger partial charge < -0.3 is 15.4 Å². The molecule has 1 aromatic rings. The van der Waals surface area contributed by atoms with E-state index >= 15 is 0 Å². The van der Waals surface area contributed by atoms with Gasteiger partial charge in [-0.1, -0.05) is 12.1 Å². The first-order valence-electron chi connectivity index (χ1n) is 9.34. The lowest BCUT2D eigenvalue weighted by Gasteiger charge is -2.26. The smallest absolute Gasteiger partial charge is 0.191 e. The molecule has 0 bridgehead atoms. The Morgan fingerprint density at radius 1 is 1.23 bits per heavy atom. The molecule has 0 aliphatic carbocycles. The monoisotopic (exact) mass is 478 g/mol. The van der Waals surface area contributed by atoms with Crippen molar-refractivity contribution in [1.82, 2.24) is 15.5 Å². The molecule has 1 heterocycles. The molecule has 0 aromatic heterocycles. The molecule has 0 saturated carbocycles. The molecule has 5 nitrogen and oxygen atoms in total. The first kappa shape index (κ1) is 23.1. The van der Waals surface area contributed by atoms with Crippen LogP contribution in [0.2, 0.25) is 0 Å². The predicted octanol–water partition coefficient (Wildman–Crippen LogP) is 2.65. The number of hydrogen-bond donors (Lipinski definition) is 2. The third-order valence-electron chi connectivity index (χ3n) is 4.17. The van der Waals surface area contributed by atoms with Crippen LogP contribution in [0.25, 0.3) is 0 Å². The van der Waals surface area contributed by atoms with Crippen molar-refractivity contribution in [3.63, 3.8) is 0 Å². The zero-order valence-corrected chi connectivity index (χ0v) is 18.0. The van der Waals surface area contributed by atoms with E-state index in [1.54, 1.807) is 12.1 Å². The summed E-state index contributed by atoms with van der Waals surface area (Å²) in [5, 5.41) is 6.66. The average Bonchev–Trinajstić information content (AvgIpc) is 2.63. The van der Waals surface area contributed by atoms with Crippen LogP contribution < -0.4 is 10.6 Å². The number of ether oxygens (including phenoxy) is 1. The molecular formula is C19H32FIN4O. The summed E-state index contributed by atoms with van der Waals surface area (Å²) in [6, 6.07) is 6.79. The van der Waals surface area contributed by atoms with Crippen LogP contribution in [0, 0.1) is 5.82 Å². The number of nitrogens with zero attached hydrogens (tertiary/aromatic N) is 2. The van der Waals surface area contributed by atoms with Crippen molar-refractivity contribution in [3.05, 3.63) is 35.6 Å². The number of guanidine groups is 1. The maximum absolute atomic E-state index is 13.2. The van der Waals surface area contributed by atoms with Gasteiger partial charge in [0.15, 0.2) is 5.96 Å². The van der Waals surface area contributed by atoms with Crippen molar-refractivity contribution in [3.8, 4) is 0 Å². The predicted molar refractivity (Wildman–Crippen MR) is 116 cm³/mol. The van der Waals surface area contributed by atoms with Crippen molar-refractivity contribution in [2.75, 3.05) is 52.5 Å². The Bertz CT molecular complexity index is 524. The number of hydrogen-bond acceptors (Lipinski definition) is 3. The summed E-state index contributed by atoms with van der Waals surface area (Å²) in [6.07, 6.45) is 2.85. The van der Waals surface area contributed by atoms with E-state index in [4.69, 9.17) is 4.74 Å². The summed E-state index contributed by atoms with van der Waals surface area (Å²) in [4.78, 5) is 7.04. The highest BCUT2D eigenvalue weighted by molar-refractivity contribution is 14.0. The van der Waals surface area contributed by atoms with Crippen LogP contribution >= 0.6 is 24.0 Å². The standard InChI is InChI=1S/C19H31FN4O.HI/c1-2-21-19(23-10-5-11-24-12-14-25-15-13-24)22-9-4-7-17-6-3-8-18(20)16-17;/h3,6,8,16H,2,4-5,7,9-15H2,1H3,(H2,21,22,23);1H. The van der Waals surface area contributed by atoms with E-state index in [1.165, 1.54) is 6.07 Å². The second-order valence-electron chi connectivity index (χ2n) is 6.23. The summed E-state index contributed by atoms with van der Waals surface area (Å²) >= 11 is 0. The average molecular weight is 478 g/mol. The first-order valence-corrected chi connectivity index (χ1v) is 9.34. The molecular weight excluding hydrogens is 446 g/mol. The number of aliphatic imine (C=N–C) groups is 1. The second kappa shape index (κ2) is 14.2. The van der Waals surface area contributed by atoms with Crippen molar-refractivity contribution in [2.45, 2.75) is 26.2 Å². The molecule has 1 fully saturated rings. The van der Waals surface area contributed by atoms with Crippen LogP contribution in [0.4, 0.5) is 4.39 Å². The highest BCUT2D eigenvalue weighted by Crippen LogP contribution is 2.06. The van der Waals surface area contributed by atoms with Gasteiger partial charge in [0, 0.05) is 32.7 Å². The lowest BCUT2D eigenvalue weighted by molar-refractivity contribution is 0.0376. The fraction of sp³-hybridized carbons (Fsp3) is 0.632. The Balaban J connectivity index is 0.00000338. The maximum atomic E-state index is 13.2. The Labute approximate surface area is 173 Å². The normalized spacial score (nSPS) is 15.4. The molecule has 1 saturated heterocycles. The van der Waals surface area contributed by atoms with E-state index < -0.39 is 0 Å². The fourth-order valence-corrected chi connectivity index (χ4v) is 2.84. The largest absolute Gasteiger partial charge is 0.379 e. The van der Waals surface area contributed by atoms with Gasteiger partial charge in [0.05, 0.1) is 13.2 Å². The van der Waals surface area contributed by atoms with Crippen molar-refractivity contribution in [2.24, 2.45) is 4.99 Å². The van der Waals surface area contributed by atoms with E-state index in [0.29, 0.717) is 0 Å². The Kier molecular flexibility index (Phi) is 12.6. The molecule has 7 heteroatoms. The Morgan fingerprint density at radius 3 is 2.77 bits per heavy atom. The molecule has 0 radical (unpaired) electrons. The van der Waals surface area contributed by atoms with Gasteiger partial charge in [0.2, 0.25) is 0 Å². The topological polar surface area (TPSA) is 48.9 Å². The number of morpholine rings is 1. The molecule has 0 atom stereocenters. The van der Waals surface area contributed by atoms with Crippen molar-refractivity contribution >= 4 is 29.9 Å². The zero-order chi connectivity index (χ0) is 17.7. The summed E-state index contributed by atoms with van der Waals surface area (Å²) in [5.41, 5.74) is 1.03. The quantitative estimate of drug-likeness (QED) is 0.248. The van der Waals surface area contributed by atoms with Crippen LogP contribution in [-0.2, 0) is 11.2 Å². The van der Waals surface area contributed by atoms with E-state index in [1.807, 2.05) is 6.07 Å². The number of rotatable bonds is 9. The van der Waals surface area contributed by atoms with Crippen LogP contribution in [-0.4, -0.2) is 63.3 Å². The van der Waals surface area contributed by atoms with Gasteiger partial charge in [0.1, 0.15) is 5.82 Å². The van der Waals surface area contributed by atoms with Gasteiger partial charge in [0.25, 0.3) is 0 Å². The van der Waals surface area contributed by atoms with Crippen molar-refractivity contribution in [1.29, 1.82) is 0 Å². The third-order valence-corrected chi connectivity index (χ3v) is 4.17. The number of halogens is 2. The highest BCUT2D eigenvalue weighted by atomic mass is 127. The summed E-state index contributed by atoms with van der Waals surface area (Å²) in [6.45, 7) is 9.42. The number of aryl methyl sites for hydroxylation is 1. The SMILES string of the molecule is CCNC(=NCCCc1cccc(F)c1)NCCCN1CCOCC1.I. The lowest BCUT2D eigenvalue weighted by Crippen LogP contribution is -2.40. The Hall–Kier alpha value is -0.930. The minimum Gasteiger partial charge on any atom is -0.379 e. The third kappa shape index (κ3) is 9.68.